The standard InChI is InChI=1S/C15H10F2O/c16-11-7-5-10(6-8-11)15-12-3-1-2-4-14(12)18-9-13(15)17/h1-8H,9H2. The summed E-state index contributed by atoms with van der Waals surface area (Å²) in [6.45, 7) is -0.0796. The number of para-hydroxylation sites is 1. The van der Waals surface area contributed by atoms with Crippen LogP contribution in [0.25, 0.3) is 5.57 Å². The average Bonchev–Trinajstić information content (AvgIpc) is 2.40. The summed E-state index contributed by atoms with van der Waals surface area (Å²) in [6, 6.07) is 13.1. The van der Waals surface area contributed by atoms with Crippen LogP contribution < -0.4 is 4.74 Å². The van der Waals surface area contributed by atoms with Gasteiger partial charge >= 0.3 is 0 Å². The highest BCUT2D eigenvalue weighted by Gasteiger charge is 2.21. The Kier molecular flexibility index (Phi) is 2.59. The van der Waals surface area contributed by atoms with Crippen molar-refractivity contribution in [3.05, 3.63) is 71.3 Å². The minimum atomic E-state index is -0.333. The van der Waals surface area contributed by atoms with Crippen molar-refractivity contribution >= 4 is 5.57 Å². The van der Waals surface area contributed by atoms with E-state index in [-0.39, 0.29) is 18.3 Å². The van der Waals surface area contributed by atoms with E-state index >= 15 is 0 Å². The molecule has 0 spiro atoms. The molecule has 0 saturated carbocycles. The summed E-state index contributed by atoms with van der Waals surface area (Å²) in [6.07, 6.45) is 0. The Morgan fingerprint density at radius 3 is 2.39 bits per heavy atom. The van der Waals surface area contributed by atoms with E-state index in [1.807, 2.05) is 12.1 Å². The maximum absolute atomic E-state index is 14.0. The van der Waals surface area contributed by atoms with Gasteiger partial charge in [-0.25, -0.2) is 8.78 Å². The molecule has 90 valence electrons. The van der Waals surface area contributed by atoms with Crippen LogP contribution in [0, 0.1) is 5.82 Å². The van der Waals surface area contributed by atoms with E-state index in [2.05, 4.69) is 0 Å². The van der Waals surface area contributed by atoms with Crippen LogP contribution in [0.4, 0.5) is 8.78 Å². The molecule has 0 amide bonds. The molecule has 1 heterocycles. The molecular formula is C15H10F2O. The summed E-state index contributed by atoms with van der Waals surface area (Å²) in [4.78, 5) is 0. The Labute approximate surface area is 103 Å². The molecule has 0 N–H and O–H groups in total. The van der Waals surface area contributed by atoms with E-state index < -0.39 is 0 Å². The van der Waals surface area contributed by atoms with Crippen molar-refractivity contribution in [2.75, 3.05) is 6.61 Å². The summed E-state index contributed by atoms with van der Waals surface area (Å²) in [5.41, 5.74) is 1.84. The van der Waals surface area contributed by atoms with Crippen LogP contribution in [0.15, 0.2) is 54.4 Å². The molecule has 0 saturated heterocycles. The van der Waals surface area contributed by atoms with Crippen LogP contribution in [0.5, 0.6) is 5.75 Å². The minimum absolute atomic E-state index is 0.0796. The second-order valence-corrected chi connectivity index (χ2v) is 4.07. The highest BCUT2D eigenvalue weighted by atomic mass is 19.1. The maximum Gasteiger partial charge on any atom is 0.146 e. The van der Waals surface area contributed by atoms with E-state index in [0.29, 0.717) is 22.4 Å². The second kappa shape index (κ2) is 4.26. The van der Waals surface area contributed by atoms with Crippen LogP contribution in [-0.4, -0.2) is 6.61 Å². The molecule has 0 unspecified atom stereocenters. The first-order valence-electron chi connectivity index (χ1n) is 5.62. The quantitative estimate of drug-likeness (QED) is 0.738. The van der Waals surface area contributed by atoms with Gasteiger partial charge in [0.1, 0.15) is 24.0 Å². The van der Waals surface area contributed by atoms with Crippen LogP contribution in [0.2, 0.25) is 0 Å². The van der Waals surface area contributed by atoms with Gasteiger partial charge in [-0.2, -0.15) is 0 Å². The Morgan fingerprint density at radius 2 is 1.61 bits per heavy atom. The fourth-order valence-electron chi connectivity index (χ4n) is 2.09. The van der Waals surface area contributed by atoms with E-state index in [1.165, 1.54) is 12.1 Å². The lowest BCUT2D eigenvalue weighted by atomic mass is 9.95. The summed E-state index contributed by atoms with van der Waals surface area (Å²) < 4.78 is 32.2. The van der Waals surface area contributed by atoms with Crippen LogP contribution in [0.3, 0.4) is 0 Å². The normalized spacial score (nSPS) is 14.1. The number of hydrogen-bond acceptors (Lipinski definition) is 1. The zero-order valence-corrected chi connectivity index (χ0v) is 9.49. The molecule has 2 aromatic carbocycles. The van der Waals surface area contributed by atoms with Gasteiger partial charge in [0.05, 0.1) is 0 Å². The van der Waals surface area contributed by atoms with Gasteiger partial charge < -0.3 is 4.74 Å². The maximum atomic E-state index is 14.0. The third-order valence-corrected chi connectivity index (χ3v) is 2.91. The fraction of sp³-hybridized carbons (Fsp3) is 0.0667. The SMILES string of the molecule is FC1=C(c2ccc(F)cc2)c2ccccc2OC1. The van der Waals surface area contributed by atoms with Crippen molar-refractivity contribution in [1.29, 1.82) is 0 Å². The summed E-state index contributed by atoms with van der Waals surface area (Å²) in [5.74, 6) is -0.0152. The van der Waals surface area contributed by atoms with Crippen molar-refractivity contribution in [3.63, 3.8) is 0 Å². The van der Waals surface area contributed by atoms with Gasteiger partial charge in [0.25, 0.3) is 0 Å². The number of hydrogen-bond donors (Lipinski definition) is 0. The Hall–Kier alpha value is -2.16. The molecule has 0 bridgehead atoms. The van der Waals surface area contributed by atoms with Crippen molar-refractivity contribution in [2.24, 2.45) is 0 Å². The lowest BCUT2D eigenvalue weighted by Gasteiger charge is -2.20. The van der Waals surface area contributed by atoms with Crippen molar-refractivity contribution < 1.29 is 13.5 Å². The topological polar surface area (TPSA) is 9.23 Å². The first kappa shape index (κ1) is 11.0. The van der Waals surface area contributed by atoms with E-state index in [0.717, 1.165) is 0 Å². The Bertz CT molecular complexity index is 615. The highest BCUT2D eigenvalue weighted by molar-refractivity contribution is 5.85. The Balaban J connectivity index is 2.17. The van der Waals surface area contributed by atoms with Gasteiger partial charge in [-0.3, -0.25) is 0 Å². The van der Waals surface area contributed by atoms with Crippen molar-refractivity contribution in [1.82, 2.24) is 0 Å². The summed E-state index contributed by atoms with van der Waals surface area (Å²) >= 11 is 0. The molecule has 1 aliphatic rings. The van der Waals surface area contributed by atoms with Gasteiger partial charge in [0.2, 0.25) is 0 Å². The number of halogens is 2. The number of rotatable bonds is 1. The number of ether oxygens (including phenoxy) is 1. The summed E-state index contributed by atoms with van der Waals surface area (Å²) in [5, 5.41) is 0. The lowest BCUT2D eigenvalue weighted by molar-refractivity contribution is 0.312. The molecule has 0 aliphatic carbocycles. The van der Waals surface area contributed by atoms with Gasteiger partial charge in [0, 0.05) is 11.1 Å². The van der Waals surface area contributed by atoms with E-state index in [1.54, 1.807) is 24.3 Å². The number of benzene rings is 2. The summed E-state index contributed by atoms with van der Waals surface area (Å²) in [7, 11) is 0. The Morgan fingerprint density at radius 1 is 0.889 bits per heavy atom. The molecule has 0 aromatic heterocycles. The molecule has 1 nitrogen and oxygen atoms in total. The van der Waals surface area contributed by atoms with Crippen LogP contribution in [0.1, 0.15) is 11.1 Å². The molecule has 0 atom stereocenters. The monoisotopic (exact) mass is 244 g/mol. The lowest BCUT2D eigenvalue weighted by Crippen LogP contribution is -2.09. The van der Waals surface area contributed by atoms with Gasteiger partial charge in [-0.1, -0.05) is 30.3 Å². The fourth-order valence-corrected chi connectivity index (χ4v) is 2.09. The molecule has 3 heteroatoms. The largest absolute Gasteiger partial charge is 0.486 e. The first-order chi connectivity index (χ1) is 8.75. The third kappa shape index (κ3) is 1.78. The molecule has 0 radical (unpaired) electrons. The van der Waals surface area contributed by atoms with Crippen LogP contribution >= 0.6 is 0 Å². The molecule has 18 heavy (non-hydrogen) atoms. The van der Waals surface area contributed by atoms with Gasteiger partial charge in [0.15, 0.2) is 0 Å². The predicted octanol–water partition coefficient (Wildman–Crippen LogP) is 3.95. The zero-order chi connectivity index (χ0) is 12.5. The molecule has 2 aromatic rings. The first-order valence-corrected chi connectivity index (χ1v) is 5.62. The molecule has 0 fully saturated rings. The third-order valence-electron chi connectivity index (χ3n) is 2.91. The second-order valence-electron chi connectivity index (χ2n) is 4.07. The van der Waals surface area contributed by atoms with Gasteiger partial charge in [-0.15, -0.1) is 0 Å². The average molecular weight is 244 g/mol. The predicted molar refractivity (Wildman–Crippen MR) is 65.5 cm³/mol. The van der Waals surface area contributed by atoms with E-state index in [9.17, 15) is 8.78 Å². The molecular weight excluding hydrogens is 234 g/mol. The number of fused-ring (bicyclic) bond motifs is 1. The molecule has 3 rings (SSSR count). The molecule has 1 aliphatic heterocycles. The van der Waals surface area contributed by atoms with Crippen LogP contribution in [-0.2, 0) is 0 Å². The smallest absolute Gasteiger partial charge is 0.146 e. The zero-order valence-electron chi connectivity index (χ0n) is 9.49. The van der Waals surface area contributed by atoms with Crippen molar-refractivity contribution in [2.45, 2.75) is 0 Å². The van der Waals surface area contributed by atoms with Crippen molar-refractivity contribution in [3.8, 4) is 5.75 Å². The highest BCUT2D eigenvalue weighted by Crippen LogP contribution is 2.37. The minimum Gasteiger partial charge on any atom is -0.486 e. The van der Waals surface area contributed by atoms with E-state index in [4.69, 9.17) is 4.74 Å². The van der Waals surface area contributed by atoms with Gasteiger partial charge in [-0.05, 0) is 23.8 Å².